The van der Waals surface area contributed by atoms with Crippen molar-refractivity contribution in [3.8, 4) is 30.8 Å². The van der Waals surface area contributed by atoms with Crippen LogP contribution in [0.4, 0.5) is 9.59 Å². The first kappa shape index (κ1) is 67.9. The summed E-state index contributed by atoms with van der Waals surface area (Å²) in [6.07, 6.45) is 13.5. The Morgan fingerprint density at radius 3 is 1.47 bits per heavy atom. The van der Waals surface area contributed by atoms with Gasteiger partial charge in [0.15, 0.2) is 17.3 Å². The Balaban J connectivity index is 0.00000103. The first-order chi connectivity index (χ1) is 35.8. The molecule has 4 atom stereocenters. The van der Waals surface area contributed by atoms with E-state index >= 15 is 0 Å². The minimum absolute atomic E-state index is 0. The van der Waals surface area contributed by atoms with Crippen molar-refractivity contribution < 1.29 is 43.0 Å². The van der Waals surface area contributed by atoms with Crippen molar-refractivity contribution in [2.75, 3.05) is 13.2 Å². The fraction of sp³-hybridized carbons (Fsp3) is 0.441. The van der Waals surface area contributed by atoms with Gasteiger partial charge in [-0.15, -0.1) is 24.7 Å². The fourth-order valence-corrected chi connectivity index (χ4v) is 6.64. The highest BCUT2D eigenvalue weighted by Gasteiger charge is 2.26. The Morgan fingerprint density at radius 2 is 1.09 bits per heavy atom. The number of terminal acetylenes is 2. The van der Waals surface area contributed by atoms with Crippen LogP contribution in [0.5, 0.6) is 0 Å². The molecular formula is C59H78N6O11. The lowest BCUT2D eigenvalue weighted by Gasteiger charge is -2.20. The maximum atomic E-state index is 12.5. The van der Waals surface area contributed by atoms with Crippen LogP contribution in [0.1, 0.15) is 116 Å². The third-order valence-corrected chi connectivity index (χ3v) is 10.4. The summed E-state index contributed by atoms with van der Waals surface area (Å²) in [6.45, 7) is 13.8. The smallest absolute Gasteiger partial charge is 0.408 e. The van der Waals surface area contributed by atoms with Crippen molar-refractivity contribution in [2.24, 2.45) is 17.8 Å². The summed E-state index contributed by atoms with van der Waals surface area (Å²) in [5.74, 6) is 4.41. The monoisotopic (exact) mass is 1050 g/mol. The minimum Gasteiger partial charge on any atom is -0.445 e. The SMILES string of the molecule is C.C#CCCC(=O)[C@H](CC(C)C)NC(=O)OCc1ccccc1.C#CCCC(=O)[C@H](Cc1ccccc1)NC(C)=O.CCOC[C@@H](C#N)CC(=O)[C@H](CC(C)C)NC(=O)OCc1ccccc1.Cc1c[nH]c(=O)[nH]c1=O. The molecule has 4 rings (SSSR count). The molecule has 4 aromatic rings. The number of benzene rings is 3. The average molecular weight is 1050 g/mol. The number of nitriles is 1. The molecule has 3 aromatic carbocycles. The molecule has 0 spiro atoms. The van der Waals surface area contributed by atoms with E-state index in [2.05, 4.69) is 43.8 Å². The lowest BCUT2D eigenvalue weighted by Crippen LogP contribution is -2.42. The molecule has 0 unspecified atom stereocenters. The number of amides is 3. The van der Waals surface area contributed by atoms with E-state index in [1.54, 1.807) is 6.92 Å². The number of hydrogen-bond donors (Lipinski definition) is 5. The van der Waals surface area contributed by atoms with Crippen LogP contribution in [0.2, 0.25) is 0 Å². The first-order valence-corrected chi connectivity index (χ1v) is 24.8. The first-order valence-electron chi connectivity index (χ1n) is 24.8. The highest BCUT2D eigenvalue weighted by molar-refractivity contribution is 5.89. The predicted molar refractivity (Wildman–Crippen MR) is 294 cm³/mol. The largest absolute Gasteiger partial charge is 0.445 e. The number of alkyl carbamates (subject to hydrolysis) is 2. The van der Waals surface area contributed by atoms with Gasteiger partial charge in [0.2, 0.25) is 5.91 Å². The molecule has 76 heavy (non-hydrogen) atoms. The van der Waals surface area contributed by atoms with E-state index in [9.17, 15) is 38.4 Å². The van der Waals surface area contributed by atoms with Gasteiger partial charge in [0.25, 0.3) is 5.56 Å². The standard InChI is InChI=1S/C20H28N2O4.C18H23NO3.C15H17NO2.C5H6N2O2.CH4/c1-4-25-13-17(12-21)11-19(23)18(10-15(2)3)22-20(24)26-14-16-8-6-5-7-9-16;1-4-5-11-17(20)16(12-14(2)3)19-18(21)22-13-15-9-7-6-8-10-15;1-3-4-10-15(18)14(16-12(2)17)11-13-8-6-5-7-9-13;1-3-2-6-5(9)7-4(3)8;/h5-9,15,17-18H,4,10-11,13-14H2,1-3H3,(H,22,24);1,6-10,14,16H,5,11-13H2,2-3H3,(H,19,21);1,5-9,14H,4,10-11H2,2H3,(H,16,17);2H,1H3,(H2,6,7,8,9);1H4/t17-,18+;16-;14-;;/m100../s1. The number of aromatic amines is 2. The minimum atomic E-state index is -0.671. The van der Waals surface area contributed by atoms with Crippen LogP contribution in [0, 0.1) is 60.7 Å². The van der Waals surface area contributed by atoms with Crippen LogP contribution >= 0.6 is 0 Å². The Bertz CT molecular complexity index is 2580. The second kappa shape index (κ2) is 40.3. The Hall–Kier alpha value is -8.07. The van der Waals surface area contributed by atoms with Crippen LogP contribution < -0.4 is 27.2 Å². The van der Waals surface area contributed by atoms with Gasteiger partial charge in [0.1, 0.15) is 13.2 Å². The summed E-state index contributed by atoms with van der Waals surface area (Å²) in [4.78, 5) is 96.9. The Kier molecular flexibility index (Phi) is 36.1. The molecule has 5 N–H and O–H groups in total. The molecule has 0 saturated carbocycles. The molecular weight excluding hydrogens is 969 g/mol. The fourth-order valence-electron chi connectivity index (χ4n) is 6.64. The number of carbonyl (C=O) groups is 6. The van der Waals surface area contributed by atoms with Gasteiger partial charge in [-0.1, -0.05) is 126 Å². The van der Waals surface area contributed by atoms with Crippen LogP contribution in [0.25, 0.3) is 0 Å². The summed E-state index contributed by atoms with van der Waals surface area (Å²) in [5, 5.41) is 17.1. The quantitative estimate of drug-likeness (QED) is 0.0392. The molecule has 17 nitrogen and oxygen atoms in total. The molecule has 0 bridgehead atoms. The number of aryl methyl sites for hydroxylation is 1. The van der Waals surface area contributed by atoms with Crippen molar-refractivity contribution in [3.63, 3.8) is 0 Å². The average Bonchev–Trinajstić information content (AvgIpc) is 3.38. The number of nitrogens with one attached hydrogen (secondary N) is 5. The van der Waals surface area contributed by atoms with Crippen molar-refractivity contribution >= 4 is 35.4 Å². The molecule has 17 heteroatoms. The maximum Gasteiger partial charge on any atom is 0.408 e. The molecule has 0 aliphatic rings. The van der Waals surface area contributed by atoms with Gasteiger partial charge >= 0.3 is 17.9 Å². The topological polar surface area (TPSA) is 256 Å². The van der Waals surface area contributed by atoms with Crippen LogP contribution in [0.15, 0.2) is 107 Å². The van der Waals surface area contributed by atoms with Gasteiger partial charge in [-0.2, -0.15) is 5.26 Å². The molecule has 0 aliphatic heterocycles. The Morgan fingerprint density at radius 1 is 0.658 bits per heavy atom. The van der Waals surface area contributed by atoms with Crippen LogP contribution in [0.3, 0.4) is 0 Å². The molecule has 0 saturated heterocycles. The van der Waals surface area contributed by atoms with E-state index in [4.69, 9.17) is 32.3 Å². The highest BCUT2D eigenvalue weighted by Crippen LogP contribution is 2.14. The van der Waals surface area contributed by atoms with E-state index in [1.165, 1.54) is 13.1 Å². The van der Waals surface area contributed by atoms with Crippen molar-refractivity contribution in [2.45, 2.75) is 139 Å². The van der Waals surface area contributed by atoms with Gasteiger partial charge < -0.3 is 35.1 Å². The number of ether oxygens (including phenoxy) is 3. The van der Waals surface area contributed by atoms with Crippen LogP contribution in [-0.4, -0.2) is 76.8 Å². The molecule has 410 valence electrons. The number of ketones is 3. The van der Waals surface area contributed by atoms with Crippen molar-refractivity contribution in [3.05, 3.63) is 140 Å². The summed E-state index contributed by atoms with van der Waals surface area (Å²) in [6, 6.07) is 28.7. The summed E-state index contributed by atoms with van der Waals surface area (Å²) >= 11 is 0. The number of H-pyrrole nitrogens is 2. The molecule has 0 radical (unpaired) electrons. The van der Waals surface area contributed by atoms with Crippen molar-refractivity contribution in [1.82, 2.24) is 25.9 Å². The van der Waals surface area contributed by atoms with Gasteiger partial charge in [-0.05, 0) is 61.6 Å². The molecule has 3 amide bonds. The number of nitrogens with zero attached hydrogens (tertiary/aromatic N) is 1. The van der Waals surface area contributed by atoms with Crippen LogP contribution in [-0.2, 0) is 53.0 Å². The summed E-state index contributed by atoms with van der Waals surface area (Å²) in [5.41, 5.74) is 2.50. The second-order valence-electron chi connectivity index (χ2n) is 18.0. The zero-order chi connectivity index (χ0) is 56.0. The normalized spacial score (nSPS) is 11.6. The van der Waals surface area contributed by atoms with Crippen molar-refractivity contribution in [1.29, 1.82) is 5.26 Å². The van der Waals surface area contributed by atoms with Gasteiger partial charge in [0, 0.05) is 57.4 Å². The molecule has 0 fully saturated rings. The Labute approximate surface area is 448 Å². The number of aromatic nitrogens is 2. The second-order valence-corrected chi connectivity index (χ2v) is 18.0. The zero-order valence-electron chi connectivity index (χ0n) is 44.3. The third-order valence-electron chi connectivity index (χ3n) is 10.4. The molecule has 1 heterocycles. The summed E-state index contributed by atoms with van der Waals surface area (Å²) in [7, 11) is 0. The molecule has 0 aliphatic carbocycles. The van der Waals surface area contributed by atoms with E-state index in [1.807, 2.05) is 126 Å². The number of Topliss-reactive ketones (excluding diaryl/α,β-unsaturated/α-hetero) is 3. The van der Waals surface area contributed by atoms with Gasteiger partial charge in [-0.3, -0.25) is 29.0 Å². The predicted octanol–water partition coefficient (Wildman–Crippen LogP) is 8.50. The van der Waals surface area contributed by atoms with E-state index in [0.717, 1.165) is 16.7 Å². The summed E-state index contributed by atoms with van der Waals surface area (Å²) < 4.78 is 15.6. The number of rotatable bonds is 25. The lowest BCUT2D eigenvalue weighted by atomic mass is 9.94. The highest BCUT2D eigenvalue weighted by atomic mass is 16.6. The lowest BCUT2D eigenvalue weighted by molar-refractivity contribution is -0.126. The van der Waals surface area contributed by atoms with E-state index in [0.29, 0.717) is 50.7 Å². The van der Waals surface area contributed by atoms with E-state index in [-0.39, 0.29) is 80.7 Å². The third kappa shape index (κ3) is 32.2. The van der Waals surface area contributed by atoms with E-state index < -0.39 is 41.9 Å². The van der Waals surface area contributed by atoms with Gasteiger partial charge in [0.05, 0.1) is 36.7 Å². The van der Waals surface area contributed by atoms with Gasteiger partial charge in [-0.25, -0.2) is 14.4 Å². The zero-order valence-corrected chi connectivity index (χ0v) is 44.3. The molecule has 1 aromatic heterocycles. The number of carbonyl (C=O) groups excluding carboxylic acids is 6. The number of hydrogen-bond acceptors (Lipinski definition) is 12. The maximum absolute atomic E-state index is 12.5.